The van der Waals surface area contributed by atoms with Gasteiger partial charge in [-0.1, -0.05) is 43.4 Å². The molecule has 1 amide bonds. The average Bonchev–Trinajstić information content (AvgIpc) is 3.10. The number of ketones is 1. The molecule has 4 rings (SSSR count). The van der Waals surface area contributed by atoms with Crippen LogP contribution in [0, 0.1) is 5.41 Å². The summed E-state index contributed by atoms with van der Waals surface area (Å²) in [6.45, 7) is 4.05. The fourth-order valence-electron chi connectivity index (χ4n) is 3.45. The summed E-state index contributed by atoms with van der Waals surface area (Å²) >= 11 is 1.19. The molecule has 0 unspecified atom stereocenters. The highest BCUT2D eigenvalue weighted by Gasteiger charge is 2.34. The largest absolute Gasteiger partial charge is 0.298 e. The lowest BCUT2D eigenvalue weighted by molar-refractivity contribution is 0.0915. The van der Waals surface area contributed by atoms with E-state index in [2.05, 4.69) is 15.0 Å². The number of aromatic nitrogens is 1. The molecule has 0 radical (unpaired) electrons. The predicted octanol–water partition coefficient (Wildman–Crippen LogP) is 4.35. The van der Waals surface area contributed by atoms with Gasteiger partial charge in [-0.25, -0.2) is 13.4 Å². The molecule has 7 nitrogen and oxygen atoms in total. The second-order valence-corrected chi connectivity index (χ2v) is 10.9. The van der Waals surface area contributed by atoms with Crippen molar-refractivity contribution in [2.24, 2.45) is 5.41 Å². The first-order valence-electron chi connectivity index (χ1n) is 9.65. The first-order chi connectivity index (χ1) is 14.6. The Kier molecular flexibility index (Phi) is 5.40. The van der Waals surface area contributed by atoms with Crippen LogP contribution in [0.5, 0.6) is 0 Å². The summed E-state index contributed by atoms with van der Waals surface area (Å²) in [5.41, 5.74) is 1.29. The number of fused-ring (bicyclic) bond motifs is 1. The van der Waals surface area contributed by atoms with Crippen LogP contribution in [0.2, 0.25) is 0 Å². The third kappa shape index (κ3) is 4.67. The van der Waals surface area contributed by atoms with Crippen LogP contribution in [0.1, 0.15) is 46.0 Å². The summed E-state index contributed by atoms with van der Waals surface area (Å²) in [5, 5.41) is 3.12. The molecule has 0 atom stereocenters. The zero-order valence-electron chi connectivity index (χ0n) is 17.0. The third-order valence-electron chi connectivity index (χ3n) is 4.91. The van der Waals surface area contributed by atoms with Crippen molar-refractivity contribution >= 4 is 43.9 Å². The molecule has 0 bridgehead atoms. The monoisotopic (exact) mass is 455 g/mol. The summed E-state index contributed by atoms with van der Waals surface area (Å²) in [5.74, 6) is -0.324. The minimum atomic E-state index is -3.70. The molecular formula is C22H21N3O4S2. The Labute approximate surface area is 184 Å². The Morgan fingerprint density at radius 2 is 1.71 bits per heavy atom. The number of amides is 1. The second-order valence-electron chi connectivity index (χ2n) is 8.19. The van der Waals surface area contributed by atoms with E-state index in [9.17, 15) is 18.0 Å². The van der Waals surface area contributed by atoms with E-state index >= 15 is 0 Å². The van der Waals surface area contributed by atoms with E-state index in [0.29, 0.717) is 34.1 Å². The summed E-state index contributed by atoms with van der Waals surface area (Å²) in [6.07, 6.45) is 1.16. The van der Waals surface area contributed by atoms with Crippen LogP contribution in [-0.2, 0) is 16.4 Å². The molecule has 0 spiro atoms. The van der Waals surface area contributed by atoms with Crippen molar-refractivity contribution in [2.75, 3.05) is 10.0 Å². The normalized spacial score (nSPS) is 15.2. The fraction of sp³-hybridized carbons (Fsp3) is 0.227. The van der Waals surface area contributed by atoms with Crippen molar-refractivity contribution in [3.05, 3.63) is 70.7 Å². The topological polar surface area (TPSA) is 105 Å². The molecule has 0 fully saturated rings. The molecule has 3 aromatic rings. The van der Waals surface area contributed by atoms with Crippen LogP contribution >= 0.6 is 11.3 Å². The highest BCUT2D eigenvalue weighted by Crippen LogP contribution is 2.38. The van der Waals surface area contributed by atoms with Gasteiger partial charge in [-0.2, -0.15) is 0 Å². The van der Waals surface area contributed by atoms with E-state index in [1.54, 1.807) is 18.2 Å². The Morgan fingerprint density at radius 1 is 1.03 bits per heavy atom. The number of thiazole rings is 1. The molecule has 1 aliphatic rings. The highest BCUT2D eigenvalue weighted by atomic mass is 32.2. The van der Waals surface area contributed by atoms with Crippen molar-refractivity contribution in [3.63, 3.8) is 0 Å². The minimum absolute atomic E-state index is 0.0549. The van der Waals surface area contributed by atoms with Gasteiger partial charge in [0.1, 0.15) is 0 Å². The predicted molar refractivity (Wildman–Crippen MR) is 120 cm³/mol. The standard InChI is InChI=1S/C22H21N3O4S2/c1-22(2)12-17-19(18(26)13-22)30-21(23-17)24-20(27)14-8-10-15(11-9-14)25-31(28,29)16-6-4-3-5-7-16/h3-11,25H,12-13H2,1-2H3,(H,23,24,27). The van der Waals surface area contributed by atoms with Gasteiger partial charge in [0.05, 0.1) is 15.5 Å². The van der Waals surface area contributed by atoms with Crippen LogP contribution in [0.4, 0.5) is 10.8 Å². The summed E-state index contributed by atoms with van der Waals surface area (Å²) < 4.78 is 27.3. The number of nitrogens with zero attached hydrogens (tertiary/aromatic N) is 1. The van der Waals surface area contributed by atoms with Gasteiger partial charge in [0, 0.05) is 17.7 Å². The van der Waals surface area contributed by atoms with Crippen molar-refractivity contribution in [1.82, 2.24) is 4.98 Å². The number of hydrogen-bond acceptors (Lipinski definition) is 6. The molecule has 2 N–H and O–H groups in total. The molecule has 31 heavy (non-hydrogen) atoms. The molecule has 0 saturated heterocycles. The maximum Gasteiger partial charge on any atom is 0.261 e. The summed E-state index contributed by atoms with van der Waals surface area (Å²) in [6, 6.07) is 14.1. The molecule has 1 heterocycles. The van der Waals surface area contributed by atoms with Gasteiger partial charge in [0.25, 0.3) is 15.9 Å². The lowest BCUT2D eigenvalue weighted by Crippen LogP contribution is -2.26. The first-order valence-corrected chi connectivity index (χ1v) is 12.0. The number of rotatable bonds is 5. The van der Waals surface area contributed by atoms with Gasteiger partial charge in [0.15, 0.2) is 10.9 Å². The van der Waals surface area contributed by atoms with Gasteiger partial charge in [0.2, 0.25) is 0 Å². The lowest BCUT2D eigenvalue weighted by atomic mass is 9.78. The SMILES string of the molecule is CC1(C)CC(=O)c2sc(NC(=O)c3ccc(NS(=O)(=O)c4ccccc4)cc3)nc2C1. The molecule has 0 aliphatic heterocycles. The van der Waals surface area contributed by atoms with E-state index in [0.717, 1.165) is 5.69 Å². The van der Waals surface area contributed by atoms with Crippen LogP contribution in [0.15, 0.2) is 59.5 Å². The maximum absolute atomic E-state index is 12.6. The van der Waals surface area contributed by atoms with Gasteiger partial charge in [-0.15, -0.1) is 0 Å². The highest BCUT2D eigenvalue weighted by molar-refractivity contribution is 7.92. The number of Topliss-reactive ketones (excluding diaryl/α,β-unsaturated/α-hetero) is 1. The van der Waals surface area contributed by atoms with E-state index in [4.69, 9.17) is 0 Å². The quantitative estimate of drug-likeness (QED) is 0.595. The molecule has 1 aliphatic carbocycles. The van der Waals surface area contributed by atoms with Crippen molar-refractivity contribution < 1.29 is 18.0 Å². The zero-order chi connectivity index (χ0) is 22.2. The maximum atomic E-state index is 12.6. The molecule has 2 aromatic carbocycles. The minimum Gasteiger partial charge on any atom is -0.298 e. The molecule has 9 heteroatoms. The van der Waals surface area contributed by atoms with Crippen molar-refractivity contribution in [1.29, 1.82) is 0 Å². The van der Waals surface area contributed by atoms with E-state index in [-0.39, 0.29) is 22.0 Å². The van der Waals surface area contributed by atoms with Gasteiger partial charge in [-0.05, 0) is 48.2 Å². The van der Waals surface area contributed by atoms with Gasteiger partial charge < -0.3 is 0 Å². The van der Waals surface area contributed by atoms with Crippen molar-refractivity contribution in [3.8, 4) is 0 Å². The van der Waals surface area contributed by atoms with E-state index in [1.807, 2.05) is 13.8 Å². The molecule has 160 valence electrons. The Bertz CT molecular complexity index is 1250. The molecular weight excluding hydrogens is 434 g/mol. The third-order valence-corrected chi connectivity index (χ3v) is 7.36. The van der Waals surface area contributed by atoms with Crippen LogP contribution < -0.4 is 10.0 Å². The van der Waals surface area contributed by atoms with Crippen LogP contribution in [0.25, 0.3) is 0 Å². The Hall–Kier alpha value is -3.04. The molecule has 1 aromatic heterocycles. The fourth-order valence-corrected chi connectivity index (χ4v) is 5.44. The number of sulfonamides is 1. The first kappa shape index (κ1) is 21.2. The summed E-state index contributed by atoms with van der Waals surface area (Å²) in [4.78, 5) is 30.1. The number of hydrogen-bond donors (Lipinski definition) is 2. The Morgan fingerprint density at radius 3 is 2.39 bits per heavy atom. The smallest absolute Gasteiger partial charge is 0.261 e. The van der Waals surface area contributed by atoms with E-state index < -0.39 is 10.0 Å². The second kappa shape index (κ2) is 7.90. The average molecular weight is 456 g/mol. The van der Waals surface area contributed by atoms with Crippen molar-refractivity contribution in [2.45, 2.75) is 31.6 Å². The van der Waals surface area contributed by atoms with Gasteiger partial charge in [-0.3, -0.25) is 19.6 Å². The lowest BCUT2D eigenvalue weighted by Gasteiger charge is -2.26. The van der Waals surface area contributed by atoms with Crippen LogP contribution in [0.3, 0.4) is 0 Å². The van der Waals surface area contributed by atoms with E-state index in [1.165, 1.54) is 47.7 Å². The zero-order valence-corrected chi connectivity index (χ0v) is 18.6. The number of carbonyl (C=O) groups is 2. The Balaban J connectivity index is 1.46. The summed E-state index contributed by atoms with van der Waals surface area (Å²) in [7, 11) is -3.70. The number of nitrogens with one attached hydrogen (secondary N) is 2. The van der Waals surface area contributed by atoms with Gasteiger partial charge >= 0.3 is 0 Å². The van der Waals surface area contributed by atoms with Crippen LogP contribution in [-0.4, -0.2) is 25.1 Å². The number of benzene rings is 2. The number of carbonyl (C=O) groups excluding carboxylic acids is 2. The molecule has 0 saturated carbocycles. The number of anilines is 2.